The lowest BCUT2D eigenvalue weighted by Gasteiger charge is -2.31. The maximum Gasteiger partial charge on any atom is 0.274 e. The highest BCUT2D eigenvalue weighted by Gasteiger charge is 2.40. The number of pyridine rings is 2. The van der Waals surface area contributed by atoms with E-state index in [4.69, 9.17) is 4.74 Å². The monoisotopic (exact) mass is 442 g/mol. The predicted octanol–water partition coefficient (Wildman–Crippen LogP) is 2.45. The molecule has 1 aliphatic carbocycles. The minimum absolute atomic E-state index is 0.105. The third-order valence-corrected chi connectivity index (χ3v) is 6.30. The van der Waals surface area contributed by atoms with Gasteiger partial charge in [0.2, 0.25) is 5.88 Å². The number of carbonyl (C=O) groups excluding carboxylic acids is 1. The molecule has 0 bridgehead atoms. The molecule has 2 aromatic heterocycles. The number of ether oxygens (including phenoxy) is 1. The normalized spacial score (nSPS) is 24.1. The molecule has 2 atom stereocenters. The highest BCUT2D eigenvalue weighted by molar-refractivity contribution is 6.07. The Bertz CT molecular complexity index is 1120. The second-order valence-electron chi connectivity index (χ2n) is 9.49. The summed E-state index contributed by atoms with van der Waals surface area (Å²) in [5, 5.41) is 12.6. The molecule has 1 amide bonds. The Morgan fingerprint density at radius 1 is 1.34 bits per heavy atom. The van der Waals surface area contributed by atoms with Crippen LogP contribution in [0.2, 0.25) is 0 Å². The van der Waals surface area contributed by atoms with Crippen LogP contribution in [-0.2, 0) is 6.42 Å². The molecule has 1 saturated heterocycles. The van der Waals surface area contributed by atoms with Crippen molar-refractivity contribution in [1.82, 2.24) is 9.55 Å². The standard InChI is InChI=1S/C23H27FN4O4/c1-23(2)12-13-10-15(19(26-21(13)32-23)27-8-5-14(29)6-9-27)20(30)25-17-4-3-7-28(22(17)31)18-11-16(18)24/h3-4,7,10,14,16,18,29H,5-6,8-9,11-12H2,1-2H3,(H,25,30)/t16-,18+/m1/s1. The molecule has 170 valence electrons. The summed E-state index contributed by atoms with van der Waals surface area (Å²) in [5.74, 6) is 0.541. The van der Waals surface area contributed by atoms with Gasteiger partial charge in [-0.2, -0.15) is 4.98 Å². The third kappa shape index (κ3) is 3.85. The van der Waals surface area contributed by atoms with E-state index in [-0.39, 0.29) is 11.8 Å². The lowest BCUT2D eigenvalue weighted by atomic mass is 10.0. The second-order valence-corrected chi connectivity index (χ2v) is 9.49. The van der Waals surface area contributed by atoms with E-state index in [1.807, 2.05) is 18.7 Å². The molecule has 9 heteroatoms. The molecule has 0 radical (unpaired) electrons. The number of hydrogen-bond donors (Lipinski definition) is 2. The number of amides is 1. The first-order valence-electron chi connectivity index (χ1n) is 11.0. The number of anilines is 2. The molecule has 2 aliphatic heterocycles. The summed E-state index contributed by atoms with van der Waals surface area (Å²) in [7, 11) is 0. The zero-order valence-corrected chi connectivity index (χ0v) is 18.2. The second kappa shape index (κ2) is 7.58. The van der Waals surface area contributed by atoms with Crippen molar-refractivity contribution in [3.63, 3.8) is 0 Å². The van der Waals surface area contributed by atoms with E-state index in [0.29, 0.717) is 56.0 Å². The topological polar surface area (TPSA) is 96.7 Å². The van der Waals surface area contributed by atoms with E-state index in [9.17, 15) is 19.1 Å². The minimum Gasteiger partial charge on any atom is -0.471 e. The lowest BCUT2D eigenvalue weighted by Crippen LogP contribution is -2.37. The molecule has 0 spiro atoms. The first-order valence-corrected chi connectivity index (χ1v) is 11.0. The fraction of sp³-hybridized carbons (Fsp3) is 0.522. The van der Waals surface area contributed by atoms with Gasteiger partial charge >= 0.3 is 0 Å². The van der Waals surface area contributed by atoms with Gasteiger partial charge in [-0.15, -0.1) is 0 Å². The van der Waals surface area contributed by atoms with E-state index < -0.39 is 29.3 Å². The summed E-state index contributed by atoms with van der Waals surface area (Å²) in [6.07, 6.45) is 2.26. The van der Waals surface area contributed by atoms with Crippen molar-refractivity contribution in [2.75, 3.05) is 23.3 Å². The number of fused-ring (bicyclic) bond motifs is 1. The molecular weight excluding hydrogens is 415 g/mol. The lowest BCUT2D eigenvalue weighted by molar-refractivity contribution is 0.102. The smallest absolute Gasteiger partial charge is 0.274 e. The van der Waals surface area contributed by atoms with Gasteiger partial charge in [-0.3, -0.25) is 9.59 Å². The summed E-state index contributed by atoms with van der Waals surface area (Å²) in [6.45, 7) is 5.06. The Labute approximate surface area is 185 Å². The van der Waals surface area contributed by atoms with Crippen molar-refractivity contribution < 1.29 is 19.0 Å². The Kier molecular flexibility index (Phi) is 4.96. The van der Waals surface area contributed by atoms with Gasteiger partial charge in [0.05, 0.1) is 17.7 Å². The molecular formula is C23H27FN4O4. The van der Waals surface area contributed by atoms with Crippen LogP contribution in [0, 0.1) is 0 Å². The number of nitrogens with one attached hydrogen (secondary N) is 1. The Balaban J connectivity index is 1.48. The van der Waals surface area contributed by atoms with Crippen LogP contribution < -0.4 is 20.5 Å². The average molecular weight is 442 g/mol. The fourth-order valence-electron chi connectivity index (χ4n) is 4.48. The third-order valence-electron chi connectivity index (χ3n) is 6.30. The Morgan fingerprint density at radius 2 is 2.06 bits per heavy atom. The zero-order valence-electron chi connectivity index (χ0n) is 18.2. The quantitative estimate of drug-likeness (QED) is 0.755. The van der Waals surface area contributed by atoms with Gasteiger partial charge in [-0.25, -0.2) is 4.39 Å². The fourth-order valence-corrected chi connectivity index (χ4v) is 4.48. The van der Waals surface area contributed by atoms with E-state index in [2.05, 4.69) is 10.3 Å². The van der Waals surface area contributed by atoms with Crippen molar-refractivity contribution >= 4 is 17.4 Å². The van der Waals surface area contributed by atoms with E-state index >= 15 is 0 Å². The summed E-state index contributed by atoms with van der Waals surface area (Å²) in [4.78, 5) is 32.7. The van der Waals surface area contributed by atoms with E-state index in [1.54, 1.807) is 18.3 Å². The van der Waals surface area contributed by atoms with Gasteiger partial charge in [0.15, 0.2) is 0 Å². The number of rotatable bonds is 4. The van der Waals surface area contributed by atoms with Crippen LogP contribution in [0.15, 0.2) is 29.2 Å². The molecule has 2 N–H and O–H groups in total. The predicted molar refractivity (Wildman–Crippen MR) is 117 cm³/mol. The molecule has 32 heavy (non-hydrogen) atoms. The highest BCUT2D eigenvalue weighted by Crippen LogP contribution is 2.39. The Hall–Kier alpha value is -2.94. The van der Waals surface area contributed by atoms with Crippen molar-refractivity contribution in [1.29, 1.82) is 0 Å². The molecule has 0 unspecified atom stereocenters. The van der Waals surface area contributed by atoms with Crippen molar-refractivity contribution in [2.24, 2.45) is 0 Å². The summed E-state index contributed by atoms with van der Waals surface area (Å²) in [5.41, 5.74) is 0.455. The largest absolute Gasteiger partial charge is 0.471 e. The molecule has 5 rings (SSSR count). The number of hydrogen-bond acceptors (Lipinski definition) is 6. The van der Waals surface area contributed by atoms with Crippen LogP contribution in [0.25, 0.3) is 0 Å². The maximum atomic E-state index is 13.5. The number of piperidine rings is 1. The molecule has 2 fully saturated rings. The summed E-state index contributed by atoms with van der Waals surface area (Å²) >= 11 is 0. The average Bonchev–Trinajstić information content (AvgIpc) is 3.37. The van der Waals surface area contributed by atoms with Crippen LogP contribution in [0.5, 0.6) is 5.88 Å². The van der Waals surface area contributed by atoms with Gasteiger partial charge < -0.3 is 24.6 Å². The van der Waals surface area contributed by atoms with Crippen molar-refractivity contribution in [3.05, 3.63) is 45.9 Å². The summed E-state index contributed by atoms with van der Waals surface area (Å²) < 4.78 is 20.8. The maximum absolute atomic E-state index is 13.5. The molecule has 3 aliphatic rings. The van der Waals surface area contributed by atoms with Gasteiger partial charge in [0, 0.05) is 37.7 Å². The number of aromatic nitrogens is 2. The van der Waals surface area contributed by atoms with E-state index in [1.165, 1.54) is 10.6 Å². The van der Waals surface area contributed by atoms with Crippen LogP contribution in [0.4, 0.5) is 15.9 Å². The Morgan fingerprint density at radius 3 is 2.75 bits per heavy atom. The molecule has 8 nitrogen and oxygen atoms in total. The number of carbonyl (C=O) groups is 1. The van der Waals surface area contributed by atoms with Gasteiger partial charge in [-0.1, -0.05) is 0 Å². The summed E-state index contributed by atoms with van der Waals surface area (Å²) in [6, 6.07) is 4.48. The first kappa shape index (κ1) is 20.9. The minimum atomic E-state index is -1.02. The van der Waals surface area contributed by atoms with Crippen LogP contribution in [0.1, 0.15) is 55.1 Å². The molecule has 2 aromatic rings. The first-order chi connectivity index (χ1) is 15.2. The van der Waals surface area contributed by atoms with Gasteiger partial charge in [-0.05, 0) is 44.9 Å². The zero-order chi connectivity index (χ0) is 22.6. The molecule has 1 saturated carbocycles. The van der Waals surface area contributed by atoms with Gasteiger partial charge in [0.25, 0.3) is 11.5 Å². The SMILES string of the molecule is CC1(C)Cc2cc(C(=O)Nc3cccn([C@H]4C[C@H]4F)c3=O)c(N3CCC(O)CC3)nc2O1. The van der Waals surface area contributed by atoms with Crippen molar-refractivity contribution in [2.45, 2.75) is 63.4 Å². The van der Waals surface area contributed by atoms with E-state index in [0.717, 1.165) is 5.56 Å². The number of halogens is 1. The van der Waals surface area contributed by atoms with Crippen LogP contribution in [0.3, 0.4) is 0 Å². The molecule has 0 aromatic carbocycles. The van der Waals surface area contributed by atoms with Gasteiger partial charge in [0.1, 0.15) is 23.3 Å². The number of aliphatic hydroxyl groups excluding tert-OH is 1. The highest BCUT2D eigenvalue weighted by atomic mass is 19.1. The number of nitrogens with zero attached hydrogens (tertiary/aromatic N) is 3. The van der Waals surface area contributed by atoms with Crippen LogP contribution in [-0.4, -0.2) is 51.5 Å². The van der Waals surface area contributed by atoms with Crippen LogP contribution >= 0.6 is 0 Å². The van der Waals surface area contributed by atoms with Crippen molar-refractivity contribution in [3.8, 4) is 5.88 Å². The molecule has 4 heterocycles. The number of aliphatic hydroxyl groups is 1. The number of alkyl halides is 1.